The molecule has 0 saturated carbocycles. The van der Waals surface area contributed by atoms with Crippen molar-refractivity contribution in [2.45, 2.75) is 19.0 Å². The molecule has 0 spiro atoms. The molecule has 1 aliphatic heterocycles. The van der Waals surface area contributed by atoms with Crippen LogP contribution in [0.25, 0.3) is 10.1 Å². The van der Waals surface area contributed by atoms with Crippen molar-refractivity contribution in [3.05, 3.63) is 69.8 Å². The first-order valence-corrected chi connectivity index (χ1v) is 10.8. The molecule has 3 aromatic rings. The number of thiophene rings is 1. The molecule has 29 heavy (non-hydrogen) atoms. The maximum Gasteiger partial charge on any atom is 0.263 e. The average molecular weight is 433 g/mol. The van der Waals surface area contributed by atoms with Crippen LogP contribution < -0.4 is 5.32 Å². The van der Waals surface area contributed by atoms with Crippen molar-refractivity contribution in [3.8, 4) is 0 Å². The van der Waals surface area contributed by atoms with Crippen molar-refractivity contribution in [1.29, 1.82) is 0 Å². The fraction of sp³-hybridized carbons (Fsp3) is 0.318. The summed E-state index contributed by atoms with van der Waals surface area (Å²) in [5, 5.41) is 4.19. The zero-order chi connectivity index (χ0) is 20.4. The molecule has 1 N–H and O–H groups in total. The van der Waals surface area contributed by atoms with Crippen LogP contribution >= 0.6 is 22.9 Å². The Labute approximate surface area is 178 Å². The Morgan fingerprint density at radius 2 is 1.93 bits per heavy atom. The maximum atomic E-state index is 13.5. The van der Waals surface area contributed by atoms with E-state index in [4.69, 9.17) is 16.3 Å². The van der Waals surface area contributed by atoms with Crippen molar-refractivity contribution < 1.29 is 13.9 Å². The van der Waals surface area contributed by atoms with E-state index in [-0.39, 0.29) is 23.8 Å². The van der Waals surface area contributed by atoms with E-state index < -0.39 is 0 Å². The number of nitrogens with one attached hydrogen (secondary N) is 1. The summed E-state index contributed by atoms with van der Waals surface area (Å²) in [4.78, 5) is 15.8. The van der Waals surface area contributed by atoms with E-state index in [1.54, 1.807) is 6.07 Å². The van der Waals surface area contributed by atoms with Gasteiger partial charge in [-0.05, 0) is 30.7 Å². The van der Waals surface area contributed by atoms with Crippen molar-refractivity contribution >= 4 is 38.9 Å². The van der Waals surface area contributed by atoms with E-state index in [1.807, 2.05) is 25.1 Å². The van der Waals surface area contributed by atoms with E-state index in [0.29, 0.717) is 33.2 Å². The van der Waals surface area contributed by atoms with Crippen LogP contribution in [-0.2, 0) is 4.74 Å². The van der Waals surface area contributed by atoms with Gasteiger partial charge >= 0.3 is 0 Å². The molecule has 1 aliphatic rings. The SMILES string of the molecule is C[C@@H](NC(=O)c1sc2cc(F)ccc2c1Cl)[C@H](c1ccccc1)N1CCOCC1. The highest BCUT2D eigenvalue weighted by Crippen LogP contribution is 2.36. The summed E-state index contributed by atoms with van der Waals surface area (Å²) >= 11 is 7.65. The van der Waals surface area contributed by atoms with Crippen molar-refractivity contribution in [2.24, 2.45) is 0 Å². The molecule has 4 nitrogen and oxygen atoms in total. The minimum absolute atomic E-state index is 0.0228. The number of carbonyl (C=O) groups is 1. The number of hydrogen-bond acceptors (Lipinski definition) is 4. The number of rotatable bonds is 5. The second-order valence-corrected chi connectivity index (χ2v) is 8.58. The lowest BCUT2D eigenvalue weighted by atomic mass is 9.98. The van der Waals surface area contributed by atoms with Gasteiger partial charge in [0.2, 0.25) is 0 Å². The van der Waals surface area contributed by atoms with Crippen LogP contribution in [0.2, 0.25) is 5.02 Å². The largest absolute Gasteiger partial charge is 0.379 e. The van der Waals surface area contributed by atoms with Crippen LogP contribution in [0.15, 0.2) is 48.5 Å². The van der Waals surface area contributed by atoms with Crippen LogP contribution in [0.4, 0.5) is 4.39 Å². The Balaban J connectivity index is 1.59. The van der Waals surface area contributed by atoms with Gasteiger partial charge in [0.15, 0.2) is 0 Å². The third kappa shape index (κ3) is 4.31. The number of amides is 1. The van der Waals surface area contributed by atoms with Gasteiger partial charge in [0, 0.05) is 29.2 Å². The van der Waals surface area contributed by atoms with Gasteiger partial charge in [-0.2, -0.15) is 0 Å². The highest BCUT2D eigenvalue weighted by Gasteiger charge is 2.29. The molecular formula is C22H22ClFN2O2S. The molecule has 2 atom stereocenters. The van der Waals surface area contributed by atoms with Gasteiger partial charge in [0.25, 0.3) is 5.91 Å². The van der Waals surface area contributed by atoms with Gasteiger partial charge < -0.3 is 10.1 Å². The first-order chi connectivity index (χ1) is 14.0. The Morgan fingerprint density at radius 3 is 2.66 bits per heavy atom. The lowest BCUT2D eigenvalue weighted by molar-refractivity contribution is 0.00890. The van der Waals surface area contributed by atoms with Gasteiger partial charge in [0.1, 0.15) is 10.7 Å². The topological polar surface area (TPSA) is 41.6 Å². The monoisotopic (exact) mass is 432 g/mol. The van der Waals surface area contributed by atoms with Crippen LogP contribution in [0, 0.1) is 5.82 Å². The minimum Gasteiger partial charge on any atom is -0.379 e. The normalized spacial score (nSPS) is 17.2. The van der Waals surface area contributed by atoms with Crippen LogP contribution in [0.5, 0.6) is 0 Å². The second kappa shape index (κ2) is 8.79. The first-order valence-electron chi connectivity index (χ1n) is 9.60. The molecule has 1 saturated heterocycles. The van der Waals surface area contributed by atoms with E-state index in [2.05, 4.69) is 22.3 Å². The zero-order valence-electron chi connectivity index (χ0n) is 16.0. The highest BCUT2D eigenvalue weighted by atomic mass is 35.5. The van der Waals surface area contributed by atoms with Crippen molar-refractivity contribution in [2.75, 3.05) is 26.3 Å². The predicted molar refractivity (Wildman–Crippen MR) is 115 cm³/mol. The molecule has 0 unspecified atom stereocenters. The third-order valence-corrected chi connectivity index (χ3v) is 6.87. The lowest BCUT2D eigenvalue weighted by Gasteiger charge is -2.38. The summed E-state index contributed by atoms with van der Waals surface area (Å²) < 4.78 is 19.7. The number of carbonyl (C=O) groups excluding carboxylic acids is 1. The molecule has 0 bridgehead atoms. The maximum absolute atomic E-state index is 13.5. The molecule has 0 aliphatic carbocycles. The summed E-state index contributed by atoms with van der Waals surface area (Å²) in [6, 6.07) is 14.4. The quantitative estimate of drug-likeness (QED) is 0.624. The van der Waals surface area contributed by atoms with Crippen LogP contribution in [0.3, 0.4) is 0 Å². The Bertz CT molecular complexity index is 1000. The molecule has 152 valence electrons. The number of morpholine rings is 1. The summed E-state index contributed by atoms with van der Waals surface area (Å²) in [6.07, 6.45) is 0. The van der Waals surface area contributed by atoms with E-state index >= 15 is 0 Å². The van der Waals surface area contributed by atoms with E-state index in [1.165, 1.54) is 23.5 Å². The molecule has 0 radical (unpaired) electrons. The van der Waals surface area contributed by atoms with Gasteiger partial charge in [-0.15, -0.1) is 11.3 Å². The van der Waals surface area contributed by atoms with E-state index in [9.17, 15) is 9.18 Å². The molecule has 1 aromatic heterocycles. The number of benzene rings is 2. The summed E-state index contributed by atoms with van der Waals surface area (Å²) in [7, 11) is 0. The number of halogens is 2. The number of ether oxygens (including phenoxy) is 1. The predicted octanol–water partition coefficient (Wildman–Crippen LogP) is 4.89. The van der Waals surface area contributed by atoms with Crippen molar-refractivity contribution in [1.82, 2.24) is 10.2 Å². The summed E-state index contributed by atoms with van der Waals surface area (Å²) in [6.45, 7) is 4.98. The smallest absolute Gasteiger partial charge is 0.263 e. The van der Waals surface area contributed by atoms with Crippen LogP contribution in [-0.4, -0.2) is 43.2 Å². The third-order valence-electron chi connectivity index (χ3n) is 5.21. The lowest BCUT2D eigenvalue weighted by Crippen LogP contribution is -2.48. The molecule has 1 fully saturated rings. The molecule has 2 aromatic carbocycles. The van der Waals surface area contributed by atoms with Crippen molar-refractivity contribution in [3.63, 3.8) is 0 Å². The van der Waals surface area contributed by atoms with Gasteiger partial charge in [0.05, 0.1) is 24.3 Å². The number of hydrogen-bond donors (Lipinski definition) is 1. The molecular weight excluding hydrogens is 411 g/mol. The molecule has 1 amide bonds. The summed E-state index contributed by atoms with van der Waals surface area (Å²) in [5.74, 6) is -0.578. The van der Waals surface area contributed by atoms with Gasteiger partial charge in [-0.3, -0.25) is 9.69 Å². The van der Waals surface area contributed by atoms with Gasteiger partial charge in [-0.1, -0.05) is 41.9 Å². The molecule has 7 heteroatoms. The minimum atomic E-state index is -0.341. The molecule has 4 rings (SSSR count). The summed E-state index contributed by atoms with van der Waals surface area (Å²) in [5.41, 5.74) is 1.15. The van der Waals surface area contributed by atoms with Crippen LogP contribution in [0.1, 0.15) is 28.2 Å². The van der Waals surface area contributed by atoms with E-state index in [0.717, 1.165) is 18.7 Å². The fourth-order valence-electron chi connectivity index (χ4n) is 3.86. The highest BCUT2D eigenvalue weighted by molar-refractivity contribution is 7.21. The second-order valence-electron chi connectivity index (χ2n) is 7.15. The Hall–Kier alpha value is -1.99. The first kappa shape index (κ1) is 20.3. The zero-order valence-corrected chi connectivity index (χ0v) is 17.6. The Morgan fingerprint density at radius 1 is 1.21 bits per heavy atom. The average Bonchev–Trinajstić information content (AvgIpc) is 3.05. The number of fused-ring (bicyclic) bond motifs is 1. The number of nitrogens with zero attached hydrogens (tertiary/aromatic N) is 1. The molecule has 2 heterocycles. The van der Waals surface area contributed by atoms with Gasteiger partial charge in [-0.25, -0.2) is 4.39 Å². The standard InChI is InChI=1S/C22H22ClFN2O2S/c1-14(20(15-5-3-2-4-6-15)26-9-11-28-12-10-26)25-22(27)21-19(23)17-8-7-16(24)13-18(17)29-21/h2-8,13-14,20H,9-12H2,1H3,(H,25,27)/t14-,20-/m1/s1. The Kier molecular flexibility index (Phi) is 6.15. The fourth-order valence-corrected chi connectivity index (χ4v) is 5.30.